The van der Waals surface area contributed by atoms with E-state index < -0.39 is 17.7 Å². The fourth-order valence-electron chi connectivity index (χ4n) is 1.77. The Morgan fingerprint density at radius 2 is 1.74 bits per heavy atom. The maximum Gasteiger partial charge on any atom is 0.162 e. The largest absolute Gasteiger partial charge is 0.492 e. The van der Waals surface area contributed by atoms with Crippen LogP contribution in [0.1, 0.15) is 5.56 Å². The molecule has 1 atom stereocenters. The van der Waals surface area contributed by atoms with Crippen molar-refractivity contribution in [2.45, 2.75) is 12.5 Å². The van der Waals surface area contributed by atoms with E-state index in [1.54, 1.807) is 0 Å². The molecule has 0 radical (unpaired) electrons. The predicted octanol–water partition coefficient (Wildman–Crippen LogP) is 2.91. The zero-order chi connectivity index (χ0) is 13.7. The molecule has 0 aliphatic heterocycles. The van der Waals surface area contributed by atoms with Gasteiger partial charge in [0.15, 0.2) is 11.6 Å². The van der Waals surface area contributed by atoms with Crippen LogP contribution in [0.25, 0.3) is 0 Å². The minimum absolute atomic E-state index is 0.233. The van der Waals surface area contributed by atoms with Crippen LogP contribution in [0.3, 0.4) is 0 Å². The average molecular weight is 263 g/mol. The number of hydrogen-bond acceptors (Lipinski definition) is 2. The van der Waals surface area contributed by atoms with Crippen LogP contribution >= 0.6 is 0 Å². The standard InChI is InChI=1S/C15H15F2NO/c16-14-8-4-5-11(15(14)17)9-12(18)10-19-13-6-2-1-3-7-13/h1-8,12H,9-10,18H2. The van der Waals surface area contributed by atoms with Crippen LogP contribution < -0.4 is 10.5 Å². The second-order valence-electron chi connectivity index (χ2n) is 4.30. The number of hydrogen-bond donors (Lipinski definition) is 1. The van der Waals surface area contributed by atoms with Gasteiger partial charge in [-0.05, 0) is 30.2 Å². The van der Waals surface area contributed by atoms with Gasteiger partial charge in [-0.1, -0.05) is 30.3 Å². The molecule has 2 rings (SSSR count). The molecule has 100 valence electrons. The molecule has 0 fully saturated rings. The Balaban J connectivity index is 1.91. The lowest BCUT2D eigenvalue weighted by Gasteiger charge is -2.13. The summed E-state index contributed by atoms with van der Waals surface area (Å²) in [6, 6.07) is 12.9. The summed E-state index contributed by atoms with van der Waals surface area (Å²) in [4.78, 5) is 0. The lowest BCUT2D eigenvalue weighted by Crippen LogP contribution is -2.30. The van der Waals surface area contributed by atoms with E-state index >= 15 is 0 Å². The SMILES string of the molecule is NC(COc1ccccc1)Cc1cccc(F)c1F. The smallest absolute Gasteiger partial charge is 0.162 e. The third-order valence-corrected chi connectivity index (χ3v) is 2.72. The summed E-state index contributed by atoms with van der Waals surface area (Å²) < 4.78 is 32.0. The summed E-state index contributed by atoms with van der Waals surface area (Å²) in [7, 11) is 0. The number of para-hydroxylation sites is 1. The van der Waals surface area contributed by atoms with Crippen molar-refractivity contribution in [3.05, 3.63) is 65.7 Å². The number of halogens is 2. The maximum atomic E-state index is 13.5. The molecule has 0 aliphatic rings. The van der Waals surface area contributed by atoms with Crippen LogP contribution in [0.15, 0.2) is 48.5 Å². The molecule has 19 heavy (non-hydrogen) atoms. The van der Waals surface area contributed by atoms with Gasteiger partial charge in [-0.3, -0.25) is 0 Å². The van der Waals surface area contributed by atoms with E-state index in [0.29, 0.717) is 5.75 Å². The van der Waals surface area contributed by atoms with Crippen LogP contribution in [-0.2, 0) is 6.42 Å². The molecule has 0 saturated heterocycles. The predicted molar refractivity (Wildman–Crippen MR) is 70.0 cm³/mol. The molecule has 4 heteroatoms. The number of nitrogens with two attached hydrogens (primary N) is 1. The molecule has 2 aromatic carbocycles. The molecular formula is C15H15F2NO. The molecule has 0 amide bonds. The Labute approximate surface area is 110 Å². The minimum atomic E-state index is -0.853. The average Bonchev–Trinajstić information content (AvgIpc) is 2.43. The molecule has 1 unspecified atom stereocenters. The zero-order valence-electron chi connectivity index (χ0n) is 10.4. The van der Waals surface area contributed by atoms with Gasteiger partial charge in [-0.2, -0.15) is 0 Å². The lowest BCUT2D eigenvalue weighted by molar-refractivity contribution is 0.286. The van der Waals surface area contributed by atoms with Gasteiger partial charge in [0.1, 0.15) is 12.4 Å². The first-order valence-electron chi connectivity index (χ1n) is 6.03. The normalized spacial score (nSPS) is 12.2. The second-order valence-corrected chi connectivity index (χ2v) is 4.30. The highest BCUT2D eigenvalue weighted by Crippen LogP contribution is 2.14. The Hall–Kier alpha value is -1.94. The number of benzene rings is 2. The Kier molecular flexibility index (Phi) is 4.47. The van der Waals surface area contributed by atoms with Crippen LogP contribution in [0.2, 0.25) is 0 Å². The fourth-order valence-corrected chi connectivity index (χ4v) is 1.77. The first-order valence-corrected chi connectivity index (χ1v) is 6.03. The Bertz CT molecular complexity index is 531. The minimum Gasteiger partial charge on any atom is -0.492 e. The van der Waals surface area contributed by atoms with Crippen LogP contribution in [0.5, 0.6) is 5.75 Å². The van der Waals surface area contributed by atoms with E-state index in [1.165, 1.54) is 12.1 Å². The number of rotatable bonds is 5. The van der Waals surface area contributed by atoms with Crippen molar-refractivity contribution in [3.63, 3.8) is 0 Å². The van der Waals surface area contributed by atoms with E-state index in [0.717, 1.165) is 6.07 Å². The molecule has 0 aromatic heterocycles. The van der Waals surface area contributed by atoms with Crippen molar-refractivity contribution in [1.29, 1.82) is 0 Å². The van der Waals surface area contributed by atoms with Crippen molar-refractivity contribution >= 4 is 0 Å². The Morgan fingerprint density at radius 1 is 1.00 bits per heavy atom. The van der Waals surface area contributed by atoms with Crippen LogP contribution in [-0.4, -0.2) is 12.6 Å². The summed E-state index contributed by atoms with van der Waals surface area (Å²) in [5.41, 5.74) is 6.13. The van der Waals surface area contributed by atoms with E-state index in [1.807, 2.05) is 30.3 Å². The highest BCUT2D eigenvalue weighted by atomic mass is 19.2. The molecule has 2 N–H and O–H groups in total. The Morgan fingerprint density at radius 3 is 2.47 bits per heavy atom. The van der Waals surface area contributed by atoms with E-state index in [9.17, 15) is 8.78 Å². The van der Waals surface area contributed by atoms with Crippen molar-refractivity contribution in [3.8, 4) is 5.75 Å². The summed E-state index contributed by atoms with van der Waals surface area (Å²) in [6.07, 6.45) is 0.233. The molecule has 0 saturated carbocycles. The molecule has 0 aliphatic carbocycles. The van der Waals surface area contributed by atoms with Crippen molar-refractivity contribution in [2.24, 2.45) is 5.73 Å². The number of ether oxygens (including phenoxy) is 1. The van der Waals surface area contributed by atoms with Crippen LogP contribution in [0.4, 0.5) is 8.78 Å². The fraction of sp³-hybridized carbons (Fsp3) is 0.200. The molecule has 2 aromatic rings. The first-order chi connectivity index (χ1) is 9.16. The summed E-state index contributed by atoms with van der Waals surface area (Å²) in [5.74, 6) is -0.982. The van der Waals surface area contributed by atoms with Gasteiger partial charge >= 0.3 is 0 Å². The summed E-state index contributed by atoms with van der Waals surface area (Å²) in [5, 5.41) is 0. The van der Waals surface area contributed by atoms with Gasteiger partial charge < -0.3 is 10.5 Å². The lowest BCUT2D eigenvalue weighted by atomic mass is 10.1. The molecular weight excluding hydrogens is 248 g/mol. The van der Waals surface area contributed by atoms with Crippen molar-refractivity contribution in [1.82, 2.24) is 0 Å². The quantitative estimate of drug-likeness (QED) is 0.900. The van der Waals surface area contributed by atoms with Gasteiger partial charge in [-0.15, -0.1) is 0 Å². The highest BCUT2D eigenvalue weighted by molar-refractivity contribution is 5.22. The van der Waals surface area contributed by atoms with Gasteiger partial charge in [0.2, 0.25) is 0 Å². The van der Waals surface area contributed by atoms with Crippen LogP contribution in [0, 0.1) is 11.6 Å². The molecule has 0 heterocycles. The van der Waals surface area contributed by atoms with E-state index in [4.69, 9.17) is 10.5 Å². The topological polar surface area (TPSA) is 35.2 Å². The van der Waals surface area contributed by atoms with Gasteiger partial charge in [0.05, 0.1) is 0 Å². The third kappa shape index (κ3) is 3.76. The van der Waals surface area contributed by atoms with Gasteiger partial charge in [0.25, 0.3) is 0 Å². The molecule has 0 bridgehead atoms. The van der Waals surface area contributed by atoms with E-state index in [-0.39, 0.29) is 18.6 Å². The van der Waals surface area contributed by atoms with Crippen molar-refractivity contribution < 1.29 is 13.5 Å². The third-order valence-electron chi connectivity index (χ3n) is 2.72. The summed E-state index contributed by atoms with van der Waals surface area (Å²) in [6.45, 7) is 0.250. The first kappa shape index (κ1) is 13.5. The maximum absolute atomic E-state index is 13.5. The molecule has 0 spiro atoms. The van der Waals surface area contributed by atoms with Crippen molar-refractivity contribution in [2.75, 3.05) is 6.61 Å². The van der Waals surface area contributed by atoms with Gasteiger partial charge in [0, 0.05) is 6.04 Å². The highest BCUT2D eigenvalue weighted by Gasteiger charge is 2.12. The monoisotopic (exact) mass is 263 g/mol. The zero-order valence-corrected chi connectivity index (χ0v) is 10.4. The van der Waals surface area contributed by atoms with Gasteiger partial charge in [-0.25, -0.2) is 8.78 Å². The van der Waals surface area contributed by atoms with E-state index in [2.05, 4.69) is 0 Å². The molecule has 2 nitrogen and oxygen atoms in total. The second kappa shape index (κ2) is 6.29. The summed E-state index contributed by atoms with van der Waals surface area (Å²) >= 11 is 0.